The zero-order valence-electron chi connectivity index (χ0n) is 38.3. The monoisotopic (exact) mass is 891 g/mol. The van der Waals surface area contributed by atoms with Crippen LogP contribution in [0.3, 0.4) is 0 Å². The van der Waals surface area contributed by atoms with E-state index >= 15 is 0 Å². The highest BCUT2D eigenvalue weighted by molar-refractivity contribution is 6.12. The zero-order valence-corrected chi connectivity index (χ0v) is 38.3. The third kappa shape index (κ3) is 5.95. The van der Waals surface area contributed by atoms with Crippen molar-refractivity contribution in [2.24, 2.45) is 0 Å². The molecule has 0 N–H and O–H groups in total. The van der Waals surface area contributed by atoms with Crippen molar-refractivity contribution in [2.75, 3.05) is 4.90 Å². The van der Waals surface area contributed by atoms with Gasteiger partial charge in [-0.2, -0.15) is 0 Å². The predicted molar refractivity (Wildman–Crippen MR) is 293 cm³/mol. The molecule has 3 heteroatoms. The number of nitrogens with zero attached hydrogens (tertiary/aromatic N) is 3. The second-order valence-corrected chi connectivity index (χ2v) is 18.4. The molecule has 0 unspecified atom stereocenters. The van der Waals surface area contributed by atoms with Crippen LogP contribution in [0.25, 0.3) is 77.2 Å². The molecule has 0 fully saturated rings. The summed E-state index contributed by atoms with van der Waals surface area (Å²) in [5.41, 5.74) is 19.5. The van der Waals surface area contributed by atoms with E-state index in [0.29, 0.717) is 0 Å². The fourth-order valence-electron chi connectivity index (χ4n) is 11.8. The van der Waals surface area contributed by atoms with Crippen LogP contribution in [-0.2, 0) is 5.41 Å². The van der Waals surface area contributed by atoms with Crippen molar-refractivity contribution < 1.29 is 0 Å². The van der Waals surface area contributed by atoms with Gasteiger partial charge in [-0.15, -0.1) is 0 Å². The van der Waals surface area contributed by atoms with Gasteiger partial charge in [0.15, 0.2) is 0 Å². The van der Waals surface area contributed by atoms with Gasteiger partial charge in [-0.1, -0.05) is 200 Å². The smallest absolute Gasteiger partial charge is 0.0715 e. The zero-order chi connectivity index (χ0) is 46.2. The average Bonchev–Trinajstić information content (AvgIpc) is 4.06. The number of fused-ring (bicyclic) bond motifs is 9. The summed E-state index contributed by atoms with van der Waals surface area (Å²) >= 11 is 0. The van der Waals surface area contributed by atoms with E-state index < -0.39 is 5.41 Å². The number of hydrogen-bond acceptors (Lipinski definition) is 1. The largest absolute Gasteiger partial charge is 0.310 e. The topological polar surface area (TPSA) is 13.1 Å². The van der Waals surface area contributed by atoms with E-state index in [0.717, 1.165) is 28.3 Å². The van der Waals surface area contributed by atoms with E-state index in [1.807, 2.05) is 0 Å². The van der Waals surface area contributed by atoms with Crippen LogP contribution in [0, 0.1) is 0 Å². The van der Waals surface area contributed by atoms with Crippen LogP contribution < -0.4 is 4.90 Å². The molecule has 328 valence electrons. The van der Waals surface area contributed by atoms with Crippen molar-refractivity contribution in [1.29, 1.82) is 0 Å². The van der Waals surface area contributed by atoms with Crippen LogP contribution in [0.4, 0.5) is 17.1 Å². The minimum absolute atomic E-state index is 0.636. The SMILES string of the molecule is c1ccc(-c2ccc(-n3c4ccccc4c4ccc(N(c5ccccc5)c5ccc6c(c5)C(c5ccccc5)(c5ccccc5)c5cccc(-n7c8ccccc8c8ccccc87)c5-6)cc43)cc2)cc1. The summed E-state index contributed by atoms with van der Waals surface area (Å²) in [5.74, 6) is 0. The quantitative estimate of drug-likeness (QED) is 0.148. The van der Waals surface area contributed by atoms with Gasteiger partial charge < -0.3 is 14.0 Å². The van der Waals surface area contributed by atoms with E-state index in [4.69, 9.17) is 0 Å². The lowest BCUT2D eigenvalue weighted by molar-refractivity contribution is 0.768. The van der Waals surface area contributed by atoms with E-state index in [1.54, 1.807) is 0 Å². The number of aromatic nitrogens is 2. The molecule has 2 heterocycles. The Labute approximate surface area is 407 Å². The van der Waals surface area contributed by atoms with E-state index in [1.165, 1.54) is 88.3 Å². The molecule has 0 amide bonds. The molecule has 0 saturated heterocycles. The maximum Gasteiger partial charge on any atom is 0.0715 e. The molecule has 0 saturated carbocycles. The second kappa shape index (κ2) is 16.0. The molecule has 2 aromatic heterocycles. The molecular weight excluding hydrogens is 847 g/mol. The van der Waals surface area contributed by atoms with Crippen LogP contribution in [0.2, 0.25) is 0 Å². The standard InChI is InChI=1S/C67H45N3/c1-5-20-46(21-6-1)47-36-38-51(39-37-47)69-61-32-16-13-30-56(61)57-42-40-53(45-65(57)69)68(50-26-11-4-12-27-50)52-41-43-58-60(44-52)67(48-22-7-2-8-23-48,49-24-9-3-10-25-49)59-31-19-35-64(66(58)59)70-62-33-17-14-28-54(62)55-29-15-18-34-63(55)70/h1-45H. The molecule has 11 aromatic carbocycles. The Morgan fingerprint density at radius 2 is 0.786 bits per heavy atom. The number of hydrogen-bond donors (Lipinski definition) is 0. The lowest BCUT2D eigenvalue weighted by Gasteiger charge is -2.35. The van der Waals surface area contributed by atoms with Gasteiger partial charge in [-0.05, 0) is 112 Å². The van der Waals surface area contributed by atoms with Gasteiger partial charge in [-0.3, -0.25) is 0 Å². The van der Waals surface area contributed by atoms with Gasteiger partial charge >= 0.3 is 0 Å². The predicted octanol–water partition coefficient (Wildman–Crippen LogP) is 17.4. The maximum atomic E-state index is 2.49. The first-order valence-corrected chi connectivity index (χ1v) is 24.2. The molecule has 0 aliphatic heterocycles. The maximum absolute atomic E-state index is 2.49. The van der Waals surface area contributed by atoms with Crippen LogP contribution in [0.15, 0.2) is 273 Å². The number of para-hydroxylation sites is 4. The first-order valence-electron chi connectivity index (χ1n) is 24.2. The molecule has 70 heavy (non-hydrogen) atoms. The Balaban J connectivity index is 1.02. The molecular formula is C67H45N3. The van der Waals surface area contributed by atoms with Crippen molar-refractivity contribution in [3.8, 4) is 33.6 Å². The highest BCUT2D eigenvalue weighted by Gasteiger charge is 2.47. The minimum atomic E-state index is -0.636. The van der Waals surface area contributed by atoms with Gasteiger partial charge in [0.05, 0.1) is 33.2 Å². The molecule has 0 bridgehead atoms. The number of anilines is 3. The lowest BCUT2D eigenvalue weighted by Crippen LogP contribution is -2.28. The summed E-state index contributed by atoms with van der Waals surface area (Å²) in [6.07, 6.45) is 0. The summed E-state index contributed by atoms with van der Waals surface area (Å²) in [6, 6.07) is 100. The van der Waals surface area contributed by atoms with Crippen molar-refractivity contribution in [1.82, 2.24) is 9.13 Å². The molecule has 0 spiro atoms. The van der Waals surface area contributed by atoms with E-state index in [2.05, 4.69) is 287 Å². The molecule has 1 aliphatic carbocycles. The van der Waals surface area contributed by atoms with Gasteiger partial charge in [0.1, 0.15) is 0 Å². The summed E-state index contributed by atoms with van der Waals surface area (Å²) in [4.78, 5) is 2.44. The van der Waals surface area contributed by atoms with Crippen molar-refractivity contribution in [3.63, 3.8) is 0 Å². The first kappa shape index (κ1) is 39.9. The summed E-state index contributed by atoms with van der Waals surface area (Å²) < 4.78 is 4.92. The third-order valence-electron chi connectivity index (χ3n) is 14.8. The van der Waals surface area contributed by atoms with Crippen LogP contribution >= 0.6 is 0 Å². The van der Waals surface area contributed by atoms with Crippen molar-refractivity contribution in [3.05, 3.63) is 295 Å². The Hall–Kier alpha value is -9.18. The van der Waals surface area contributed by atoms with Crippen LogP contribution in [-0.4, -0.2) is 9.13 Å². The van der Waals surface area contributed by atoms with Crippen LogP contribution in [0.5, 0.6) is 0 Å². The Bertz CT molecular complexity index is 4000. The molecule has 1 aliphatic rings. The Morgan fingerprint density at radius 3 is 1.40 bits per heavy atom. The number of rotatable bonds is 8. The third-order valence-corrected chi connectivity index (χ3v) is 14.8. The molecule has 0 atom stereocenters. The Morgan fingerprint density at radius 1 is 0.300 bits per heavy atom. The second-order valence-electron chi connectivity index (χ2n) is 18.4. The summed E-state index contributed by atoms with van der Waals surface area (Å²) in [6.45, 7) is 0. The lowest BCUT2D eigenvalue weighted by atomic mass is 9.67. The molecule has 13 aromatic rings. The highest BCUT2D eigenvalue weighted by atomic mass is 15.1. The average molecular weight is 892 g/mol. The molecule has 3 nitrogen and oxygen atoms in total. The normalized spacial score (nSPS) is 12.7. The highest BCUT2D eigenvalue weighted by Crippen LogP contribution is 2.59. The van der Waals surface area contributed by atoms with Crippen LogP contribution in [0.1, 0.15) is 22.3 Å². The molecule has 14 rings (SSSR count). The van der Waals surface area contributed by atoms with Crippen molar-refractivity contribution >= 4 is 60.7 Å². The van der Waals surface area contributed by atoms with E-state index in [-0.39, 0.29) is 0 Å². The Kier molecular flexibility index (Phi) is 9.11. The van der Waals surface area contributed by atoms with E-state index in [9.17, 15) is 0 Å². The van der Waals surface area contributed by atoms with Gasteiger partial charge in [-0.25, -0.2) is 0 Å². The fraction of sp³-hybridized carbons (Fsp3) is 0.0149. The minimum Gasteiger partial charge on any atom is -0.310 e. The fourth-order valence-corrected chi connectivity index (χ4v) is 11.8. The van der Waals surface area contributed by atoms with Gasteiger partial charge in [0, 0.05) is 49.9 Å². The molecule has 0 radical (unpaired) electrons. The first-order chi connectivity index (χ1) is 34.8. The number of benzene rings is 11. The van der Waals surface area contributed by atoms with Gasteiger partial charge in [0.2, 0.25) is 0 Å². The summed E-state index contributed by atoms with van der Waals surface area (Å²) in [5, 5.41) is 4.95. The van der Waals surface area contributed by atoms with Crippen molar-refractivity contribution in [2.45, 2.75) is 5.41 Å². The summed E-state index contributed by atoms with van der Waals surface area (Å²) in [7, 11) is 0. The van der Waals surface area contributed by atoms with Gasteiger partial charge in [0.25, 0.3) is 0 Å².